The van der Waals surface area contributed by atoms with Crippen LogP contribution in [-0.4, -0.2) is 19.8 Å². The zero-order chi connectivity index (χ0) is 15.6. The van der Waals surface area contributed by atoms with E-state index in [0.717, 1.165) is 34.6 Å². The number of hydrogen-bond acceptors (Lipinski definition) is 3. The average molecular weight is 365 g/mol. The fraction of sp³-hybridized carbons (Fsp3) is 0.333. The average Bonchev–Trinajstić information content (AvgIpc) is 2.54. The molecule has 3 nitrogen and oxygen atoms in total. The van der Waals surface area contributed by atoms with E-state index in [2.05, 4.69) is 15.9 Å². The van der Waals surface area contributed by atoms with E-state index in [4.69, 9.17) is 14.2 Å². The standard InChI is InChI=1S/C18H21BrO3/c1-2-20-16-9-11-18(12-10-16)22-14-4-3-13-21-17-7-5-15(19)6-8-17/h5-12H,2-4,13-14H2,1H3. The van der Waals surface area contributed by atoms with Crippen molar-refractivity contribution >= 4 is 15.9 Å². The van der Waals surface area contributed by atoms with Gasteiger partial charge in [-0.15, -0.1) is 0 Å². The van der Waals surface area contributed by atoms with Crippen LogP contribution in [-0.2, 0) is 0 Å². The van der Waals surface area contributed by atoms with Crippen molar-refractivity contribution in [1.82, 2.24) is 0 Å². The fourth-order valence-electron chi connectivity index (χ4n) is 1.91. The van der Waals surface area contributed by atoms with Crippen molar-refractivity contribution < 1.29 is 14.2 Å². The summed E-state index contributed by atoms with van der Waals surface area (Å²) < 4.78 is 17.8. The molecule has 0 spiro atoms. The Bertz CT molecular complexity index is 537. The Balaban J connectivity index is 1.58. The third kappa shape index (κ3) is 5.98. The summed E-state index contributed by atoms with van der Waals surface area (Å²) in [5, 5.41) is 0. The smallest absolute Gasteiger partial charge is 0.119 e. The van der Waals surface area contributed by atoms with E-state index in [1.54, 1.807) is 0 Å². The third-order valence-corrected chi connectivity index (χ3v) is 3.55. The minimum absolute atomic E-state index is 0.679. The number of halogens is 1. The lowest BCUT2D eigenvalue weighted by atomic mass is 10.3. The Kier molecular flexibility index (Phi) is 7.10. The summed E-state index contributed by atoms with van der Waals surface area (Å²) in [7, 11) is 0. The molecule has 0 radical (unpaired) electrons. The van der Waals surface area contributed by atoms with Crippen molar-refractivity contribution in [3.63, 3.8) is 0 Å². The highest BCUT2D eigenvalue weighted by atomic mass is 79.9. The minimum Gasteiger partial charge on any atom is -0.494 e. The number of unbranched alkanes of at least 4 members (excludes halogenated alkanes) is 1. The van der Waals surface area contributed by atoms with Crippen molar-refractivity contribution in [1.29, 1.82) is 0 Å². The van der Waals surface area contributed by atoms with Gasteiger partial charge in [0.05, 0.1) is 19.8 Å². The lowest BCUT2D eigenvalue weighted by Crippen LogP contribution is -2.02. The maximum Gasteiger partial charge on any atom is 0.119 e. The van der Waals surface area contributed by atoms with Gasteiger partial charge in [0.1, 0.15) is 17.2 Å². The maximum absolute atomic E-state index is 5.69. The van der Waals surface area contributed by atoms with Gasteiger partial charge in [0.25, 0.3) is 0 Å². The molecule has 4 heteroatoms. The van der Waals surface area contributed by atoms with Gasteiger partial charge in [-0.05, 0) is 68.3 Å². The molecule has 2 aromatic rings. The number of hydrogen-bond donors (Lipinski definition) is 0. The van der Waals surface area contributed by atoms with Gasteiger partial charge in [-0.25, -0.2) is 0 Å². The SMILES string of the molecule is CCOc1ccc(OCCCCOc2ccc(Br)cc2)cc1. The van der Waals surface area contributed by atoms with Crippen LogP contribution in [0.4, 0.5) is 0 Å². The molecule has 0 aromatic heterocycles. The normalized spacial score (nSPS) is 10.3. The van der Waals surface area contributed by atoms with Crippen LogP contribution in [0.25, 0.3) is 0 Å². The zero-order valence-electron chi connectivity index (χ0n) is 12.8. The van der Waals surface area contributed by atoms with Crippen LogP contribution in [0.5, 0.6) is 17.2 Å². The van der Waals surface area contributed by atoms with E-state index < -0.39 is 0 Å². The van der Waals surface area contributed by atoms with E-state index in [9.17, 15) is 0 Å². The van der Waals surface area contributed by atoms with Gasteiger partial charge in [-0.3, -0.25) is 0 Å². The van der Waals surface area contributed by atoms with Crippen LogP contribution in [0, 0.1) is 0 Å². The summed E-state index contributed by atoms with van der Waals surface area (Å²) in [6.45, 7) is 4.05. The summed E-state index contributed by atoms with van der Waals surface area (Å²) in [5.41, 5.74) is 0. The Hall–Kier alpha value is -1.68. The Morgan fingerprint density at radius 3 is 1.55 bits per heavy atom. The van der Waals surface area contributed by atoms with E-state index >= 15 is 0 Å². The molecule has 0 aliphatic rings. The van der Waals surface area contributed by atoms with Crippen LogP contribution in [0.2, 0.25) is 0 Å². The van der Waals surface area contributed by atoms with Gasteiger partial charge < -0.3 is 14.2 Å². The summed E-state index contributed by atoms with van der Waals surface area (Å²) in [4.78, 5) is 0. The molecule has 0 unspecified atom stereocenters. The molecule has 0 aliphatic carbocycles. The van der Waals surface area contributed by atoms with Gasteiger partial charge in [0, 0.05) is 4.47 Å². The second-order valence-corrected chi connectivity index (χ2v) is 5.68. The van der Waals surface area contributed by atoms with Gasteiger partial charge in [0.15, 0.2) is 0 Å². The van der Waals surface area contributed by atoms with Crippen LogP contribution in [0.15, 0.2) is 53.0 Å². The molecular weight excluding hydrogens is 344 g/mol. The molecule has 118 valence electrons. The quantitative estimate of drug-likeness (QED) is 0.580. The highest BCUT2D eigenvalue weighted by Gasteiger charge is 1.97. The second kappa shape index (κ2) is 9.36. The lowest BCUT2D eigenvalue weighted by Gasteiger charge is -2.08. The summed E-state index contributed by atoms with van der Waals surface area (Å²) >= 11 is 3.40. The first-order chi connectivity index (χ1) is 10.8. The first-order valence-electron chi connectivity index (χ1n) is 7.52. The van der Waals surface area contributed by atoms with Crippen molar-refractivity contribution in [2.24, 2.45) is 0 Å². The van der Waals surface area contributed by atoms with Crippen molar-refractivity contribution in [3.8, 4) is 17.2 Å². The third-order valence-electron chi connectivity index (χ3n) is 3.02. The number of rotatable bonds is 9. The molecule has 0 atom stereocenters. The topological polar surface area (TPSA) is 27.7 Å². The molecule has 0 aliphatic heterocycles. The van der Waals surface area contributed by atoms with Gasteiger partial charge in [0.2, 0.25) is 0 Å². The van der Waals surface area contributed by atoms with Crippen LogP contribution in [0.3, 0.4) is 0 Å². The highest BCUT2D eigenvalue weighted by molar-refractivity contribution is 9.10. The molecule has 22 heavy (non-hydrogen) atoms. The molecular formula is C18H21BrO3. The molecule has 0 heterocycles. The minimum atomic E-state index is 0.679. The first-order valence-corrected chi connectivity index (χ1v) is 8.31. The van der Waals surface area contributed by atoms with E-state index in [1.807, 2.05) is 55.5 Å². The second-order valence-electron chi connectivity index (χ2n) is 4.76. The first kappa shape index (κ1) is 16.7. The molecule has 0 saturated heterocycles. The van der Waals surface area contributed by atoms with Gasteiger partial charge in [-0.1, -0.05) is 15.9 Å². The molecule has 0 bridgehead atoms. The monoisotopic (exact) mass is 364 g/mol. The maximum atomic E-state index is 5.69. The predicted octanol–water partition coefficient (Wildman–Crippen LogP) is 5.09. The Labute approximate surface area is 140 Å². The molecule has 0 saturated carbocycles. The van der Waals surface area contributed by atoms with E-state index in [0.29, 0.717) is 19.8 Å². The van der Waals surface area contributed by atoms with Crippen molar-refractivity contribution in [3.05, 3.63) is 53.0 Å². The summed E-state index contributed by atoms with van der Waals surface area (Å²) in [5.74, 6) is 2.64. The van der Waals surface area contributed by atoms with Crippen molar-refractivity contribution in [2.45, 2.75) is 19.8 Å². The predicted molar refractivity (Wildman–Crippen MR) is 92.0 cm³/mol. The zero-order valence-corrected chi connectivity index (χ0v) is 14.3. The summed E-state index contributed by atoms with van der Waals surface area (Å²) in [6.07, 6.45) is 1.93. The van der Waals surface area contributed by atoms with Gasteiger partial charge in [-0.2, -0.15) is 0 Å². The van der Waals surface area contributed by atoms with Crippen molar-refractivity contribution in [2.75, 3.05) is 19.8 Å². The van der Waals surface area contributed by atoms with E-state index in [-0.39, 0.29) is 0 Å². The highest BCUT2D eigenvalue weighted by Crippen LogP contribution is 2.18. The fourth-order valence-corrected chi connectivity index (χ4v) is 2.18. The summed E-state index contributed by atoms with van der Waals surface area (Å²) in [6, 6.07) is 15.6. The van der Waals surface area contributed by atoms with E-state index in [1.165, 1.54) is 0 Å². The molecule has 0 N–H and O–H groups in total. The Morgan fingerprint density at radius 1 is 0.682 bits per heavy atom. The van der Waals surface area contributed by atoms with Crippen LogP contribution >= 0.6 is 15.9 Å². The molecule has 0 fully saturated rings. The Morgan fingerprint density at radius 2 is 1.09 bits per heavy atom. The lowest BCUT2D eigenvalue weighted by molar-refractivity contribution is 0.266. The molecule has 0 amide bonds. The van der Waals surface area contributed by atoms with Crippen LogP contribution < -0.4 is 14.2 Å². The number of benzene rings is 2. The van der Waals surface area contributed by atoms with Gasteiger partial charge >= 0.3 is 0 Å². The van der Waals surface area contributed by atoms with Crippen LogP contribution in [0.1, 0.15) is 19.8 Å². The largest absolute Gasteiger partial charge is 0.494 e. The molecule has 2 rings (SSSR count). The number of ether oxygens (including phenoxy) is 3. The molecule has 2 aromatic carbocycles.